The molecule has 2 aliphatic carbocycles. The summed E-state index contributed by atoms with van der Waals surface area (Å²) in [7, 11) is 0. The Morgan fingerprint density at radius 3 is 2.04 bits per heavy atom. The first-order valence-corrected chi connectivity index (χ1v) is 9.38. The van der Waals surface area contributed by atoms with Gasteiger partial charge in [0.15, 0.2) is 0 Å². The van der Waals surface area contributed by atoms with Crippen LogP contribution in [0.3, 0.4) is 0 Å². The van der Waals surface area contributed by atoms with E-state index in [2.05, 4.69) is 72.8 Å². The second-order valence-corrected chi connectivity index (χ2v) is 7.08. The Morgan fingerprint density at radius 2 is 1.26 bits per heavy atom. The molecule has 4 aromatic carbocycles. The molecule has 4 aromatic rings. The Hall–Kier alpha value is -3.32. The first-order valence-electron chi connectivity index (χ1n) is 9.38. The molecule has 0 amide bonds. The Morgan fingerprint density at radius 1 is 0.630 bits per heavy atom. The smallest absolute Gasteiger partial charge is 0.119 e. The van der Waals surface area contributed by atoms with E-state index < -0.39 is 0 Å². The predicted octanol–water partition coefficient (Wildman–Crippen LogP) is 6.70. The average molecular weight is 348 g/mol. The highest BCUT2D eigenvalue weighted by atomic mass is 16.3. The Bertz CT molecular complexity index is 1220. The van der Waals surface area contributed by atoms with E-state index in [0.717, 1.165) is 18.4 Å². The quantitative estimate of drug-likeness (QED) is 0.375. The summed E-state index contributed by atoms with van der Waals surface area (Å²) in [5, 5.41) is 14.9. The lowest BCUT2D eigenvalue weighted by Crippen LogP contribution is -1.97. The van der Waals surface area contributed by atoms with Gasteiger partial charge in [0, 0.05) is 5.56 Å². The van der Waals surface area contributed by atoms with Crippen LogP contribution in [0.25, 0.3) is 33.4 Å². The molecule has 2 aliphatic rings. The van der Waals surface area contributed by atoms with E-state index in [-0.39, 0.29) is 0 Å². The molecule has 1 N–H and O–H groups in total. The van der Waals surface area contributed by atoms with E-state index in [1.807, 2.05) is 18.2 Å². The number of aliphatic hydroxyl groups is 1. The Kier molecular flexibility index (Phi) is 3.79. The molecule has 0 bridgehead atoms. The number of allylic oxidation sites excluding steroid dienone is 2. The third-order valence-electron chi connectivity index (χ3n) is 5.44. The van der Waals surface area contributed by atoms with Gasteiger partial charge in [-0.2, -0.15) is 0 Å². The Balaban J connectivity index is 0.000000119. The second kappa shape index (κ2) is 6.44. The van der Waals surface area contributed by atoms with Gasteiger partial charge in [0.25, 0.3) is 0 Å². The van der Waals surface area contributed by atoms with Crippen molar-refractivity contribution in [3.05, 3.63) is 107 Å². The zero-order valence-corrected chi connectivity index (χ0v) is 15.0. The minimum absolute atomic E-state index is 0.411. The molecular weight excluding hydrogens is 328 g/mol. The molecule has 0 fully saturated rings. The SMILES string of the molecule is C1=Cc2cccc3cccc(c23)C1.OC1=CCc2cccc3cccc1c23. The minimum Gasteiger partial charge on any atom is -0.508 e. The van der Waals surface area contributed by atoms with Crippen molar-refractivity contribution >= 4 is 33.4 Å². The predicted molar refractivity (Wildman–Crippen MR) is 115 cm³/mol. The van der Waals surface area contributed by atoms with Crippen molar-refractivity contribution in [2.75, 3.05) is 0 Å². The first kappa shape index (κ1) is 15.9. The zero-order chi connectivity index (χ0) is 18.2. The van der Waals surface area contributed by atoms with Crippen LogP contribution in [-0.4, -0.2) is 5.11 Å². The van der Waals surface area contributed by atoms with E-state index in [9.17, 15) is 5.11 Å². The van der Waals surface area contributed by atoms with E-state index in [0.29, 0.717) is 5.76 Å². The van der Waals surface area contributed by atoms with Crippen LogP contribution in [0.5, 0.6) is 0 Å². The summed E-state index contributed by atoms with van der Waals surface area (Å²) in [6.45, 7) is 0. The van der Waals surface area contributed by atoms with Crippen LogP contribution in [0.15, 0.2) is 84.9 Å². The molecule has 0 saturated carbocycles. The molecule has 0 heterocycles. The van der Waals surface area contributed by atoms with E-state index in [1.54, 1.807) is 0 Å². The molecule has 0 unspecified atom stereocenters. The van der Waals surface area contributed by atoms with Gasteiger partial charge < -0.3 is 5.11 Å². The van der Waals surface area contributed by atoms with Crippen LogP contribution >= 0.6 is 0 Å². The van der Waals surface area contributed by atoms with Crippen LogP contribution in [0, 0.1) is 0 Å². The molecule has 0 saturated heterocycles. The number of hydrogen-bond acceptors (Lipinski definition) is 1. The second-order valence-electron chi connectivity index (χ2n) is 7.08. The first-order chi connectivity index (χ1) is 13.3. The van der Waals surface area contributed by atoms with Gasteiger partial charge in [-0.3, -0.25) is 0 Å². The fourth-order valence-electron chi connectivity index (χ4n) is 4.19. The number of benzene rings is 4. The maximum absolute atomic E-state index is 9.73. The summed E-state index contributed by atoms with van der Waals surface area (Å²) in [5.41, 5.74) is 5.08. The summed E-state index contributed by atoms with van der Waals surface area (Å²) in [5.74, 6) is 0.411. The largest absolute Gasteiger partial charge is 0.508 e. The maximum Gasteiger partial charge on any atom is 0.119 e. The molecule has 1 nitrogen and oxygen atoms in total. The summed E-state index contributed by atoms with van der Waals surface area (Å²) < 4.78 is 0. The molecular formula is C26H20O. The van der Waals surface area contributed by atoms with E-state index in [4.69, 9.17) is 0 Å². The standard InChI is InChI=1S/C13H10O.C13H10/c14-12-8-7-10-4-1-3-9-5-2-6-11(12)13(9)10;1-4-10-6-2-8-12-9-3-7-11(5-1)13(10)12/h1-6,8,14H,7H2;1-8H,9H2. The molecule has 6 rings (SSSR count). The van der Waals surface area contributed by atoms with Crippen molar-refractivity contribution in [1.29, 1.82) is 0 Å². The van der Waals surface area contributed by atoms with Gasteiger partial charge in [-0.25, -0.2) is 0 Å². The normalized spacial score (nSPS) is 13.9. The van der Waals surface area contributed by atoms with E-state index in [1.165, 1.54) is 38.2 Å². The van der Waals surface area contributed by atoms with Gasteiger partial charge in [0.2, 0.25) is 0 Å². The molecule has 0 aromatic heterocycles. The summed E-state index contributed by atoms with van der Waals surface area (Å²) >= 11 is 0. The fraction of sp³-hybridized carbons (Fsp3) is 0.0769. The van der Waals surface area contributed by atoms with Crippen molar-refractivity contribution in [1.82, 2.24) is 0 Å². The van der Waals surface area contributed by atoms with Crippen LogP contribution in [0.4, 0.5) is 0 Å². The highest BCUT2D eigenvalue weighted by molar-refractivity contribution is 5.97. The number of hydrogen-bond donors (Lipinski definition) is 1. The van der Waals surface area contributed by atoms with Crippen molar-refractivity contribution in [2.24, 2.45) is 0 Å². The molecule has 0 spiro atoms. The topological polar surface area (TPSA) is 20.2 Å². The monoisotopic (exact) mass is 348 g/mol. The minimum atomic E-state index is 0.411. The zero-order valence-electron chi connectivity index (χ0n) is 15.0. The van der Waals surface area contributed by atoms with Gasteiger partial charge in [-0.15, -0.1) is 0 Å². The summed E-state index contributed by atoms with van der Waals surface area (Å²) in [6.07, 6.45) is 8.23. The Labute approximate surface area is 158 Å². The van der Waals surface area contributed by atoms with Gasteiger partial charge in [0.1, 0.15) is 5.76 Å². The molecule has 0 radical (unpaired) electrons. The summed E-state index contributed by atoms with van der Waals surface area (Å²) in [4.78, 5) is 0. The number of aliphatic hydroxyl groups excluding tert-OH is 1. The fourth-order valence-corrected chi connectivity index (χ4v) is 4.19. The molecule has 0 atom stereocenters. The summed E-state index contributed by atoms with van der Waals surface area (Å²) in [6, 6.07) is 25.3. The van der Waals surface area contributed by atoms with Gasteiger partial charge >= 0.3 is 0 Å². The lowest BCUT2D eigenvalue weighted by molar-refractivity contribution is 0.510. The highest BCUT2D eigenvalue weighted by Crippen LogP contribution is 2.31. The van der Waals surface area contributed by atoms with Crippen molar-refractivity contribution in [2.45, 2.75) is 12.8 Å². The van der Waals surface area contributed by atoms with Crippen LogP contribution in [-0.2, 0) is 12.8 Å². The van der Waals surface area contributed by atoms with E-state index >= 15 is 0 Å². The van der Waals surface area contributed by atoms with Crippen molar-refractivity contribution < 1.29 is 5.11 Å². The van der Waals surface area contributed by atoms with Gasteiger partial charge in [-0.1, -0.05) is 84.9 Å². The molecule has 130 valence electrons. The average Bonchev–Trinajstić information content (AvgIpc) is 2.72. The maximum atomic E-state index is 9.73. The molecule has 1 heteroatoms. The molecule has 27 heavy (non-hydrogen) atoms. The van der Waals surface area contributed by atoms with Gasteiger partial charge in [0.05, 0.1) is 0 Å². The molecule has 0 aliphatic heterocycles. The van der Waals surface area contributed by atoms with Gasteiger partial charge in [-0.05, 0) is 57.2 Å². The third-order valence-corrected chi connectivity index (χ3v) is 5.44. The van der Waals surface area contributed by atoms with Crippen molar-refractivity contribution in [3.8, 4) is 0 Å². The third kappa shape index (κ3) is 2.72. The van der Waals surface area contributed by atoms with Crippen LogP contribution in [0.2, 0.25) is 0 Å². The van der Waals surface area contributed by atoms with Crippen LogP contribution < -0.4 is 0 Å². The lowest BCUT2D eigenvalue weighted by atomic mass is 9.92. The van der Waals surface area contributed by atoms with Crippen LogP contribution in [0.1, 0.15) is 22.3 Å². The van der Waals surface area contributed by atoms with Crippen molar-refractivity contribution in [3.63, 3.8) is 0 Å². The number of rotatable bonds is 0. The highest BCUT2D eigenvalue weighted by Gasteiger charge is 2.12. The lowest BCUT2D eigenvalue weighted by Gasteiger charge is -2.14.